The van der Waals surface area contributed by atoms with Crippen LogP contribution in [-0.2, 0) is 6.42 Å². The number of hydrogen-bond donors (Lipinski definition) is 1. The zero-order valence-electron chi connectivity index (χ0n) is 8.23. The lowest BCUT2D eigenvalue weighted by atomic mass is 9.94. The highest BCUT2D eigenvalue weighted by Gasteiger charge is 2.16. The van der Waals surface area contributed by atoms with Crippen LogP contribution in [0, 0.1) is 5.92 Å². The summed E-state index contributed by atoms with van der Waals surface area (Å²) < 4.78 is 0. The second-order valence-electron chi connectivity index (χ2n) is 3.32. The van der Waals surface area contributed by atoms with Crippen molar-refractivity contribution >= 4 is 11.3 Å². The Morgan fingerprint density at radius 3 is 2.62 bits per heavy atom. The van der Waals surface area contributed by atoms with Gasteiger partial charge in [0.05, 0.1) is 11.6 Å². The van der Waals surface area contributed by atoms with E-state index in [9.17, 15) is 5.11 Å². The molecule has 0 radical (unpaired) electrons. The summed E-state index contributed by atoms with van der Waals surface area (Å²) in [6.07, 6.45) is 4.51. The van der Waals surface area contributed by atoms with Crippen LogP contribution >= 0.6 is 11.3 Å². The van der Waals surface area contributed by atoms with E-state index < -0.39 is 0 Å². The molecule has 0 fully saturated rings. The molecule has 1 heterocycles. The largest absolute Gasteiger partial charge is 0.392 e. The highest BCUT2D eigenvalue weighted by atomic mass is 32.1. The molecule has 0 amide bonds. The van der Waals surface area contributed by atoms with Gasteiger partial charge in [0.15, 0.2) is 0 Å². The average Bonchev–Trinajstić information content (AvgIpc) is 2.59. The summed E-state index contributed by atoms with van der Waals surface area (Å²) in [5.41, 5.74) is 1.81. The highest BCUT2D eigenvalue weighted by Crippen LogP contribution is 2.18. The van der Waals surface area contributed by atoms with Crippen molar-refractivity contribution in [3.05, 3.63) is 16.6 Å². The molecule has 3 heteroatoms. The minimum absolute atomic E-state index is 0.199. The number of thiazole rings is 1. The second kappa shape index (κ2) is 5.35. The van der Waals surface area contributed by atoms with E-state index in [2.05, 4.69) is 18.8 Å². The minimum Gasteiger partial charge on any atom is -0.392 e. The van der Waals surface area contributed by atoms with Crippen molar-refractivity contribution in [2.45, 2.75) is 39.2 Å². The molecule has 1 rings (SSSR count). The van der Waals surface area contributed by atoms with Gasteiger partial charge >= 0.3 is 0 Å². The molecule has 1 unspecified atom stereocenters. The fourth-order valence-corrected chi connectivity index (χ4v) is 2.19. The number of aliphatic hydroxyl groups is 1. The summed E-state index contributed by atoms with van der Waals surface area (Å²) in [7, 11) is 0. The van der Waals surface area contributed by atoms with Crippen molar-refractivity contribution in [1.82, 2.24) is 4.98 Å². The summed E-state index contributed by atoms with van der Waals surface area (Å²) in [6, 6.07) is 0. The summed E-state index contributed by atoms with van der Waals surface area (Å²) in [5, 5.41) is 9.86. The maximum absolute atomic E-state index is 9.86. The quantitative estimate of drug-likeness (QED) is 0.790. The number of nitrogens with zero attached hydrogens (tertiary/aromatic N) is 1. The Hall–Kier alpha value is -0.410. The van der Waals surface area contributed by atoms with Gasteiger partial charge in [0.1, 0.15) is 0 Å². The molecule has 1 aromatic rings. The topological polar surface area (TPSA) is 33.1 Å². The maximum atomic E-state index is 9.86. The Balaban J connectivity index is 2.44. The molecule has 2 nitrogen and oxygen atoms in total. The molecule has 13 heavy (non-hydrogen) atoms. The van der Waals surface area contributed by atoms with Gasteiger partial charge in [-0.15, -0.1) is 11.3 Å². The van der Waals surface area contributed by atoms with Gasteiger partial charge in [0, 0.05) is 17.5 Å². The van der Waals surface area contributed by atoms with Crippen LogP contribution < -0.4 is 0 Å². The van der Waals surface area contributed by atoms with E-state index in [1.165, 1.54) is 4.88 Å². The lowest BCUT2D eigenvalue weighted by Gasteiger charge is -2.18. The third kappa shape index (κ3) is 3.08. The lowest BCUT2D eigenvalue weighted by molar-refractivity contribution is 0.104. The van der Waals surface area contributed by atoms with Gasteiger partial charge in [-0.25, -0.2) is 0 Å². The first-order chi connectivity index (χ1) is 6.27. The Morgan fingerprint density at radius 2 is 2.15 bits per heavy atom. The fourth-order valence-electron chi connectivity index (χ4n) is 1.55. The molecule has 0 aliphatic heterocycles. The van der Waals surface area contributed by atoms with Gasteiger partial charge in [-0.05, 0) is 5.92 Å². The van der Waals surface area contributed by atoms with Gasteiger partial charge in [-0.2, -0.15) is 0 Å². The minimum atomic E-state index is -0.199. The smallest absolute Gasteiger partial charge is 0.0794 e. The zero-order valence-corrected chi connectivity index (χ0v) is 9.05. The van der Waals surface area contributed by atoms with E-state index in [0.29, 0.717) is 5.92 Å². The van der Waals surface area contributed by atoms with Crippen LogP contribution in [0.25, 0.3) is 0 Å². The van der Waals surface area contributed by atoms with Gasteiger partial charge in [0.25, 0.3) is 0 Å². The van der Waals surface area contributed by atoms with Crippen molar-refractivity contribution in [2.24, 2.45) is 5.92 Å². The maximum Gasteiger partial charge on any atom is 0.0794 e. The third-order valence-corrected chi connectivity index (χ3v) is 3.29. The van der Waals surface area contributed by atoms with Crippen molar-refractivity contribution in [3.8, 4) is 0 Å². The summed E-state index contributed by atoms with van der Waals surface area (Å²) in [6.45, 7) is 4.26. The Morgan fingerprint density at radius 1 is 1.46 bits per heavy atom. The number of aromatic nitrogens is 1. The Bertz CT molecular complexity index is 219. The van der Waals surface area contributed by atoms with Crippen molar-refractivity contribution in [2.75, 3.05) is 0 Å². The van der Waals surface area contributed by atoms with E-state index in [1.54, 1.807) is 11.3 Å². The van der Waals surface area contributed by atoms with Crippen molar-refractivity contribution in [1.29, 1.82) is 0 Å². The molecule has 0 aromatic carbocycles. The van der Waals surface area contributed by atoms with Gasteiger partial charge in [0.2, 0.25) is 0 Å². The van der Waals surface area contributed by atoms with Crippen LogP contribution in [0.4, 0.5) is 0 Å². The fraction of sp³-hybridized carbons (Fsp3) is 0.700. The predicted molar refractivity (Wildman–Crippen MR) is 55.9 cm³/mol. The van der Waals surface area contributed by atoms with Gasteiger partial charge in [-0.3, -0.25) is 4.98 Å². The van der Waals surface area contributed by atoms with E-state index >= 15 is 0 Å². The molecule has 1 atom stereocenters. The van der Waals surface area contributed by atoms with Crippen molar-refractivity contribution in [3.63, 3.8) is 0 Å². The van der Waals surface area contributed by atoms with Crippen LogP contribution in [0.15, 0.2) is 11.7 Å². The molecule has 0 saturated heterocycles. The first-order valence-corrected chi connectivity index (χ1v) is 5.71. The molecule has 1 aromatic heterocycles. The normalized spacial score (nSPS) is 13.5. The molecule has 0 aliphatic carbocycles. The molecular formula is C10H17NOS. The lowest BCUT2D eigenvalue weighted by Crippen LogP contribution is -2.21. The van der Waals surface area contributed by atoms with Gasteiger partial charge < -0.3 is 5.11 Å². The molecular weight excluding hydrogens is 182 g/mol. The molecule has 0 spiro atoms. The monoisotopic (exact) mass is 199 g/mol. The first kappa shape index (κ1) is 10.7. The molecule has 0 bridgehead atoms. The first-order valence-electron chi connectivity index (χ1n) is 4.83. The van der Waals surface area contributed by atoms with Crippen LogP contribution in [0.1, 0.15) is 31.6 Å². The average molecular weight is 199 g/mol. The van der Waals surface area contributed by atoms with Gasteiger partial charge in [-0.1, -0.05) is 26.7 Å². The Kier molecular flexibility index (Phi) is 4.39. The van der Waals surface area contributed by atoms with Crippen LogP contribution in [-0.4, -0.2) is 16.2 Å². The molecule has 0 aliphatic rings. The number of hydrogen-bond acceptors (Lipinski definition) is 3. The molecule has 0 saturated carbocycles. The standard InChI is InChI=1S/C10H17NOS/c1-3-8(4-2)10(12)5-9-6-11-7-13-9/h6-8,10,12H,3-5H2,1-2H3. The van der Waals surface area contributed by atoms with E-state index in [4.69, 9.17) is 0 Å². The SMILES string of the molecule is CCC(CC)C(O)Cc1cncs1. The van der Waals surface area contributed by atoms with E-state index in [1.807, 2.05) is 11.7 Å². The second-order valence-corrected chi connectivity index (χ2v) is 4.29. The molecule has 1 N–H and O–H groups in total. The van der Waals surface area contributed by atoms with E-state index in [0.717, 1.165) is 19.3 Å². The number of rotatable bonds is 5. The number of aliphatic hydroxyl groups excluding tert-OH is 1. The van der Waals surface area contributed by atoms with E-state index in [-0.39, 0.29) is 6.10 Å². The zero-order chi connectivity index (χ0) is 9.68. The van der Waals surface area contributed by atoms with Crippen molar-refractivity contribution < 1.29 is 5.11 Å². The van der Waals surface area contributed by atoms with Crippen LogP contribution in [0.2, 0.25) is 0 Å². The predicted octanol–water partition coefficient (Wildman–Crippen LogP) is 2.48. The summed E-state index contributed by atoms with van der Waals surface area (Å²) >= 11 is 1.62. The van der Waals surface area contributed by atoms with Crippen LogP contribution in [0.3, 0.4) is 0 Å². The summed E-state index contributed by atoms with van der Waals surface area (Å²) in [5.74, 6) is 0.432. The Labute approximate surface area is 83.6 Å². The molecule has 74 valence electrons. The summed E-state index contributed by atoms with van der Waals surface area (Å²) in [4.78, 5) is 5.17. The van der Waals surface area contributed by atoms with Crippen LogP contribution in [0.5, 0.6) is 0 Å². The highest BCUT2D eigenvalue weighted by molar-refractivity contribution is 7.09. The third-order valence-electron chi connectivity index (χ3n) is 2.49.